The molecule has 5 nitrogen and oxygen atoms in total. The number of thiazole rings is 1. The second-order valence-corrected chi connectivity index (χ2v) is 5.95. The fourth-order valence-corrected chi connectivity index (χ4v) is 2.98. The van der Waals surface area contributed by atoms with Crippen molar-refractivity contribution in [3.63, 3.8) is 0 Å². The van der Waals surface area contributed by atoms with Crippen LogP contribution in [0, 0.1) is 0 Å². The number of carbonyl (C=O) groups excluding carboxylic acids is 1. The maximum Gasteiger partial charge on any atom is 0.273 e. The van der Waals surface area contributed by atoms with Gasteiger partial charge in [0.05, 0.1) is 6.20 Å². The highest BCUT2D eigenvalue weighted by Gasteiger charge is 2.16. The lowest BCUT2D eigenvalue weighted by Gasteiger charge is -2.14. The number of hydrogen-bond donors (Lipinski definition) is 0. The molecule has 2 heterocycles. The number of nitrogens with zero attached hydrogens (tertiary/aromatic N) is 4. The molecule has 0 N–H and O–H groups in total. The predicted octanol–water partition coefficient (Wildman–Crippen LogP) is 2.82. The topological polar surface area (TPSA) is 51.0 Å². The summed E-state index contributed by atoms with van der Waals surface area (Å²) in [6.45, 7) is 0.519. The second-order valence-electron chi connectivity index (χ2n) is 5.09. The van der Waals surface area contributed by atoms with Crippen molar-refractivity contribution >= 4 is 17.2 Å². The summed E-state index contributed by atoms with van der Waals surface area (Å²) in [5, 5.41) is 6.78. The monoisotopic (exact) mass is 312 g/mol. The normalized spacial score (nSPS) is 10.6. The number of hydrogen-bond acceptors (Lipinski definition) is 4. The van der Waals surface area contributed by atoms with E-state index in [-0.39, 0.29) is 5.91 Å². The van der Waals surface area contributed by atoms with E-state index in [0.29, 0.717) is 12.2 Å². The Labute approximate surface area is 132 Å². The molecule has 22 heavy (non-hydrogen) atoms. The third-order valence-corrected chi connectivity index (χ3v) is 4.16. The third kappa shape index (κ3) is 3.07. The molecule has 0 saturated heterocycles. The average molecular weight is 312 g/mol. The number of rotatable bonds is 4. The number of carbonyl (C=O) groups is 1. The van der Waals surface area contributed by atoms with Crippen molar-refractivity contribution in [2.24, 2.45) is 7.05 Å². The first-order valence-electron chi connectivity index (χ1n) is 6.87. The van der Waals surface area contributed by atoms with E-state index in [1.165, 1.54) is 11.3 Å². The van der Waals surface area contributed by atoms with E-state index in [9.17, 15) is 4.79 Å². The van der Waals surface area contributed by atoms with Crippen molar-refractivity contribution in [1.29, 1.82) is 0 Å². The quantitative estimate of drug-likeness (QED) is 0.744. The first-order chi connectivity index (χ1) is 10.6. The van der Waals surface area contributed by atoms with E-state index in [2.05, 4.69) is 10.1 Å². The zero-order chi connectivity index (χ0) is 15.5. The lowest BCUT2D eigenvalue weighted by Crippen LogP contribution is -2.26. The van der Waals surface area contributed by atoms with E-state index in [1.807, 2.05) is 49.0 Å². The maximum atomic E-state index is 12.4. The van der Waals surface area contributed by atoms with E-state index in [4.69, 9.17) is 0 Å². The summed E-state index contributed by atoms with van der Waals surface area (Å²) < 4.78 is 1.73. The van der Waals surface area contributed by atoms with Crippen molar-refractivity contribution in [2.45, 2.75) is 6.54 Å². The van der Waals surface area contributed by atoms with Crippen LogP contribution in [-0.4, -0.2) is 32.6 Å². The second kappa shape index (κ2) is 6.11. The molecular weight excluding hydrogens is 296 g/mol. The minimum absolute atomic E-state index is 0.0812. The SMILES string of the molecule is CN(Cc1cnn(C)c1)C(=O)c1csc(-c2ccccc2)n1. The molecule has 0 bridgehead atoms. The third-order valence-electron chi connectivity index (χ3n) is 3.27. The van der Waals surface area contributed by atoms with Gasteiger partial charge in [-0.05, 0) is 0 Å². The summed E-state index contributed by atoms with van der Waals surface area (Å²) in [4.78, 5) is 18.6. The average Bonchev–Trinajstić information content (AvgIpc) is 3.17. The molecule has 0 radical (unpaired) electrons. The molecule has 6 heteroatoms. The molecule has 112 valence electrons. The lowest BCUT2D eigenvalue weighted by molar-refractivity contribution is 0.0780. The Kier molecular flexibility index (Phi) is 4.02. The van der Waals surface area contributed by atoms with Crippen LogP contribution in [-0.2, 0) is 13.6 Å². The van der Waals surface area contributed by atoms with Gasteiger partial charge in [0.15, 0.2) is 0 Å². The predicted molar refractivity (Wildman–Crippen MR) is 86.6 cm³/mol. The van der Waals surface area contributed by atoms with Crippen LogP contribution in [0.4, 0.5) is 0 Å². The Morgan fingerprint density at radius 3 is 2.77 bits per heavy atom. The molecule has 0 atom stereocenters. The van der Waals surface area contributed by atoms with Crippen molar-refractivity contribution in [3.8, 4) is 10.6 Å². The lowest BCUT2D eigenvalue weighted by atomic mass is 10.2. The summed E-state index contributed by atoms with van der Waals surface area (Å²) in [6, 6.07) is 9.88. The van der Waals surface area contributed by atoms with Gasteiger partial charge in [-0.2, -0.15) is 5.10 Å². The minimum atomic E-state index is -0.0812. The van der Waals surface area contributed by atoms with Crippen LogP contribution in [0.3, 0.4) is 0 Å². The summed E-state index contributed by atoms with van der Waals surface area (Å²) in [5.41, 5.74) is 2.51. The van der Waals surface area contributed by atoms with Crippen LogP contribution in [0.5, 0.6) is 0 Å². The molecule has 0 aliphatic carbocycles. The summed E-state index contributed by atoms with van der Waals surface area (Å²) >= 11 is 1.48. The van der Waals surface area contributed by atoms with Gasteiger partial charge in [0.1, 0.15) is 10.7 Å². The van der Waals surface area contributed by atoms with E-state index >= 15 is 0 Å². The number of amides is 1. The Balaban J connectivity index is 1.74. The van der Waals surface area contributed by atoms with Crippen LogP contribution in [0.1, 0.15) is 16.1 Å². The number of aryl methyl sites for hydroxylation is 1. The van der Waals surface area contributed by atoms with Crippen molar-refractivity contribution in [1.82, 2.24) is 19.7 Å². The van der Waals surface area contributed by atoms with Gasteiger partial charge in [-0.1, -0.05) is 30.3 Å². The molecule has 0 aliphatic heterocycles. The molecule has 3 rings (SSSR count). The Hall–Kier alpha value is -2.47. The molecule has 0 spiro atoms. The highest BCUT2D eigenvalue weighted by atomic mass is 32.1. The van der Waals surface area contributed by atoms with Gasteiger partial charge < -0.3 is 4.90 Å². The smallest absolute Gasteiger partial charge is 0.273 e. The first kappa shape index (κ1) is 14.5. The zero-order valence-corrected chi connectivity index (χ0v) is 13.2. The molecule has 2 aromatic heterocycles. The van der Waals surface area contributed by atoms with Gasteiger partial charge in [-0.15, -0.1) is 11.3 Å². The van der Waals surface area contributed by atoms with Crippen LogP contribution >= 0.6 is 11.3 Å². The summed E-state index contributed by atoms with van der Waals surface area (Å²) in [7, 11) is 3.63. The first-order valence-corrected chi connectivity index (χ1v) is 7.75. The number of benzene rings is 1. The summed E-state index contributed by atoms with van der Waals surface area (Å²) in [5.74, 6) is -0.0812. The van der Waals surface area contributed by atoms with Gasteiger partial charge in [0, 0.05) is 43.3 Å². The van der Waals surface area contributed by atoms with Crippen LogP contribution in [0.2, 0.25) is 0 Å². The van der Waals surface area contributed by atoms with Gasteiger partial charge >= 0.3 is 0 Å². The van der Waals surface area contributed by atoms with E-state index in [1.54, 1.807) is 22.8 Å². The molecule has 3 aromatic rings. The van der Waals surface area contributed by atoms with Gasteiger partial charge in [-0.25, -0.2) is 4.98 Å². The molecule has 0 aliphatic rings. The molecule has 1 aromatic carbocycles. The highest BCUT2D eigenvalue weighted by Crippen LogP contribution is 2.23. The molecular formula is C16H16N4OS. The van der Waals surface area contributed by atoms with E-state index in [0.717, 1.165) is 16.1 Å². The Morgan fingerprint density at radius 1 is 1.32 bits per heavy atom. The van der Waals surface area contributed by atoms with Gasteiger partial charge in [0.2, 0.25) is 0 Å². The van der Waals surface area contributed by atoms with Crippen molar-refractivity contribution in [2.75, 3.05) is 7.05 Å². The molecule has 0 unspecified atom stereocenters. The fraction of sp³-hybridized carbons (Fsp3) is 0.188. The minimum Gasteiger partial charge on any atom is -0.336 e. The van der Waals surface area contributed by atoms with Crippen LogP contribution in [0.25, 0.3) is 10.6 Å². The molecule has 1 amide bonds. The Bertz CT molecular complexity index is 778. The van der Waals surface area contributed by atoms with Crippen LogP contribution in [0.15, 0.2) is 48.1 Å². The summed E-state index contributed by atoms with van der Waals surface area (Å²) in [6.07, 6.45) is 3.67. The Morgan fingerprint density at radius 2 is 2.09 bits per heavy atom. The standard InChI is InChI=1S/C16H16N4OS/c1-19(9-12-8-17-20(2)10-12)16(21)14-11-22-15(18-14)13-6-4-3-5-7-13/h3-8,10-11H,9H2,1-2H3. The highest BCUT2D eigenvalue weighted by molar-refractivity contribution is 7.13. The van der Waals surface area contributed by atoms with E-state index < -0.39 is 0 Å². The van der Waals surface area contributed by atoms with Gasteiger partial charge in [-0.3, -0.25) is 9.48 Å². The van der Waals surface area contributed by atoms with Crippen LogP contribution < -0.4 is 0 Å². The maximum absolute atomic E-state index is 12.4. The van der Waals surface area contributed by atoms with Crippen molar-refractivity contribution in [3.05, 3.63) is 59.4 Å². The zero-order valence-electron chi connectivity index (χ0n) is 12.4. The van der Waals surface area contributed by atoms with Gasteiger partial charge in [0.25, 0.3) is 5.91 Å². The largest absolute Gasteiger partial charge is 0.336 e. The molecule has 0 saturated carbocycles. The number of aromatic nitrogens is 3. The fourth-order valence-electron chi connectivity index (χ4n) is 2.18. The van der Waals surface area contributed by atoms with Crippen molar-refractivity contribution < 1.29 is 4.79 Å². The molecule has 0 fully saturated rings.